The van der Waals surface area contributed by atoms with Gasteiger partial charge >= 0.3 is 5.97 Å². The molecule has 0 bridgehead atoms. The van der Waals surface area contributed by atoms with Gasteiger partial charge in [0.2, 0.25) is 0 Å². The monoisotopic (exact) mass is 377 g/mol. The van der Waals surface area contributed by atoms with Crippen LogP contribution in [0.5, 0.6) is 5.75 Å². The van der Waals surface area contributed by atoms with Crippen LogP contribution in [0.4, 0.5) is 4.39 Å². The molecule has 0 aliphatic heterocycles. The van der Waals surface area contributed by atoms with Gasteiger partial charge in [0, 0.05) is 18.5 Å². The van der Waals surface area contributed by atoms with Crippen molar-refractivity contribution in [2.24, 2.45) is 0 Å². The molecule has 0 fully saturated rings. The number of ether oxygens (including phenoxy) is 2. The minimum atomic E-state index is -0.766. The molecular formula is C19H20FNO4S. The van der Waals surface area contributed by atoms with Gasteiger partial charge in [0.1, 0.15) is 0 Å². The average molecular weight is 377 g/mol. The van der Waals surface area contributed by atoms with E-state index >= 15 is 0 Å². The molecular weight excluding hydrogens is 357 g/mol. The third-order valence-corrected chi connectivity index (χ3v) is 4.46. The molecule has 0 aliphatic rings. The van der Waals surface area contributed by atoms with E-state index < -0.39 is 18.4 Å². The molecule has 0 saturated heterocycles. The number of benzene rings is 2. The summed E-state index contributed by atoms with van der Waals surface area (Å²) in [6.45, 7) is -0.00587. The van der Waals surface area contributed by atoms with Crippen LogP contribution in [-0.2, 0) is 16.1 Å². The molecule has 0 aliphatic carbocycles. The summed E-state index contributed by atoms with van der Waals surface area (Å²) in [4.78, 5) is 26.7. The van der Waals surface area contributed by atoms with Gasteiger partial charge < -0.3 is 14.4 Å². The summed E-state index contributed by atoms with van der Waals surface area (Å²) in [5.74, 6) is -1.75. The number of halogens is 1. The number of amides is 1. The van der Waals surface area contributed by atoms with Crippen LogP contribution in [0.25, 0.3) is 0 Å². The van der Waals surface area contributed by atoms with Crippen LogP contribution in [0.2, 0.25) is 0 Å². The van der Waals surface area contributed by atoms with Gasteiger partial charge in [-0.3, -0.25) is 4.79 Å². The Morgan fingerprint density at radius 1 is 1.15 bits per heavy atom. The molecule has 26 heavy (non-hydrogen) atoms. The third-order valence-electron chi connectivity index (χ3n) is 3.72. The van der Waals surface area contributed by atoms with E-state index in [-0.39, 0.29) is 17.2 Å². The maximum atomic E-state index is 13.6. The van der Waals surface area contributed by atoms with Crippen molar-refractivity contribution in [3.63, 3.8) is 0 Å². The van der Waals surface area contributed by atoms with Gasteiger partial charge in [-0.15, -0.1) is 11.8 Å². The molecule has 5 nitrogen and oxygen atoms in total. The van der Waals surface area contributed by atoms with Crippen LogP contribution in [0, 0.1) is 5.82 Å². The second kappa shape index (κ2) is 9.24. The number of nitrogens with zero attached hydrogens (tertiary/aromatic N) is 1. The molecule has 2 aromatic rings. The fourth-order valence-electron chi connectivity index (χ4n) is 2.21. The number of carbonyl (C=O) groups is 2. The number of hydrogen-bond donors (Lipinski definition) is 0. The Balaban J connectivity index is 1.88. The number of hydrogen-bond acceptors (Lipinski definition) is 5. The molecule has 0 aromatic heterocycles. The molecule has 0 heterocycles. The molecule has 138 valence electrons. The molecule has 0 N–H and O–H groups in total. The lowest BCUT2D eigenvalue weighted by molar-refractivity contribution is -0.133. The van der Waals surface area contributed by atoms with Crippen molar-refractivity contribution in [1.82, 2.24) is 4.90 Å². The summed E-state index contributed by atoms with van der Waals surface area (Å²) in [7, 11) is 2.96. The Bertz CT molecular complexity index is 780. The minimum Gasteiger partial charge on any atom is -0.494 e. The van der Waals surface area contributed by atoms with E-state index in [9.17, 15) is 14.0 Å². The van der Waals surface area contributed by atoms with E-state index in [0.29, 0.717) is 6.54 Å². The van der Waals surface area contributed by atoms with E-state index in [2.05, 4.69) is 0 Å². The SMILES string of the molecule is COc1ccc(C(=O)OCC(=O)N(C)Cc2ccc(SC)cc2)cc1F. The van der Waals surface area contributed by atoms with Crippen LogP contribution in [0.15, 0.2) is 47.4 Å². The average Bonchev–Trinajstić information content (AvgIpc) is 2.66. The van der Waals surface area contributed by atoms with Crippen molar-refractivity contribution in [2.75, 3.05) is 27.0 Å². The fourth-order valence-corrected chi connectivity index (χ4v) is 2.62. The van der Waals surface area contributed by atoms with Crippen LogP contribution in [0.3, 0.4) is 0 Å². The first-order chi connectivity index (χ1) is 12.4. The quantitative estimate of drug-likeness (QED) is 0.547. The Kier molecular flexibility index (Phi) is 7.03. The number of rotatable bonds is 7. The highest BCUT2D eigenvalue weighted by Gasteiger charge is 2.15. The lowest BCUT2D eigenvalue weighted by Gasteiger charge is -2.17. The Morgan fingerprint density at radius 3 is 2.42 bits per heavy atom. The first-order valence-electron chi connectivity index (χ1n) is 7.82. The Labute approximate surface area is 156 Å². The highest BCUT2D eigenvalue weighted by molar-refractivity contribution is 7.98. The summed E-state index contributed by atoms with van der Waals surface area (Å²) in [5.41, 5.74) is 0.994. The maximum Gasteiger partial charge on any atom is 0.338 e. The van der Waals surface area contributed by atoms with Crippen molar-refractivity contribution in [1.29, 1.82) is 0 Å². The summed E-state index contributed by atoms with van der Waals surface area (Å²) in [6.07, 6.45) is 1.99. The normalized spacial score (nSPS) is 10.3. The number of methoxy groups -OCH3 is 1. The lowest BCUT2D eigenvalue weighted by atomic mass is 10.2. The molecule has 0 radical (unpaired) electrons. The van der Waals surface area contributed by atoms with Gasteiger partial charge in [0.25, 0.3) is 5.91 Å². The van der Waals surface area contributed by atoms with Crippen LogP contribution in [0.1, 0.15) is 15.9 Å². The summed E-state index contributed by atoms with van der Waals surface area (Å²) in [5, 5.41) is 0. The van der Waals surface area contributed by atoms with Crippen LogP contribution in [-0.4, -0.2) is 43.8 Å². The van der Waals surface area contributed by atoms with E-state index in [4.69, 9.17) is 9.47 Å². The fraction of sp³-hybridized carbons (Fsp3) is 0.263. The first-order valence-corrected chi connectivity index (χ1v) is 9.04. The van der Waals surface area contributed by atoms with Gasteiger partial charge in [-0.1, -0.05) is 12.1 Å². The van der Waals surface area contributed by atoms with Gasteiger partial charge in [0.05, 0.1) is 12.7 Å². The predicted octanol–water partition coefficient (Wildman–Crippen LogP) is 3.37. The Hall–Kier alpha value is -2.54. The summed E-state index contributed by atoms with van der Waals surface area (Å²) < 4.78 is 23.4. The molecule has 2 aromatic carbocycles. The Morgan fingerprint density at radius 2 is 1.85 bits per heavy atom. The van der Waals surface area contributed by atoms with Crippen molar-refractivity contribution in [3.05, 3.63) is 59.4 Å². The third kappa shape index (κ3) is 5.23. The van der Waals surface area contributed by atoms with Crippen LogP contribution < -0.4 is 4.74 Å². The minimum absolute atomic E-state index is 0.0198. The first kappa shape index (κ1) is 19.8. The largest absolute Gasteiger partial charge is 0.494 e. The highest BCUT2D eigenvalue weighted by Crippen LogP contribution is 2.18. The topological polar surface area (TPSA) is 55.8 Å². The molecule has 1 amide bonds. The van der Waals surface area contributed by atoms with Crippen molar-refractivity contribution >= 4 is 23.6 Å². The zero-order valence-corrected chi connectivity index (χ0v) is 15.6. The van der Waals surface area contributed by atoms with E-state index in [1.54, 1.807) is 18.8 Å². The van der Waals surface area contributed by atoms with E-state index in [0.717, 1.165) is 16.5 Å². The zero-order chi connectivity index (χ0) is 19.1. The molecule has 0 unspecified atom stereocenters. The predicted molar refractivity (Wildman–Crippen MR) is 97.9 cm³/mol. The second-order valence-electron chi connectivity index (χ2n) is 5.52. The van der Waals surface area contributed by atoms with Gasteiger partial charge in [-0.05, 0) is 42.2 Å². The zero-order valence-electron chi connectivity index (χ0n) is 14.8. The summed E-state index contributed by atoms with van der Waals surface area (Å²) >= 11 is 1.64. The lowest BCUT2D eigenvalue weighted by Crippen LogP contribution is -2.30. The van der Waals surface area contributed by atoms with Crippen molar-refractivity contribution in [2.45, 2.75) is 11.4 Å². The van der Waals surface area contributed by atoms with Gasteiger partial charge in [-0.2, -0.15) is 0 Å². The smallest absolute Gasteiger partial charge is 0.338 e. The van der Waals surface area contributed by atoms with Gasteiger partial charge in [0.15, 0.2) is 18.2 Å². The number of carbonyl (C=O) groups excluding carboxylic acids is 2. The molecule has 0 spiro atoms. The number of likely N-dealkylation sites (N-methyl/N-ethyl adjacent to an activating group) is 1. The van der Waals surface area contributed by atoms with Crippen LogP contribution >= 0.6 is 11.8 Å². The number of thioether (sulfide) groups is 1. The maximum absolute atomic E-state index is 13.6. The van der Waals surface area contributed by atoms with E-state index in [1.165, 1.54) is 24.1 Å². The second-order valence-corrected chi connectivity index (χ2v) is 6.40. The van der Waals surface area contributed by atoms with E-state index in [1.807, 2.05) is 30.5 Å². The molecule has 0 atom stereocenters. The molecule has 0 saturated carbocycles. The molecule has 7 heteroatoms. The standard InChI is InChI=1S/C19H20FNO4S/c1-21(11-13-4-7-15(26-3)8-5-13)18(22)12-25-19(23)14-6-9-17(24-2)16(20)10-14/h4-10H,11-12H2,1-3H3. The number of esters is 1. The van der Waals surface area contributed by atoms with Gasteiger partial charge in [-0.25, -0.2) is 9.18 Å². The summed E-state index contributed by atoms with van der Waals surface area (Å²) in [6, 6.07) is 11.6. The molecule has 2 rings (SSSR count). The highest BCUT2D eigenvalue weighted by atomic mass is 32.2. The van der Waals surface area contributed by atoms with Crippen molar-refractivity contribution in [3.8, 4) is 5.75 Å². The van der Waals surface area contributed by atoms with Crippen molar-refractivity contribution < 1.29 is 23.5 Å².